The van der Waals surface area contributed by atoms with Crippen molar-refractivity contribution in [1.29, 1.82) is 0 Å². The van der Waals surface area contributed by atoms with Crippen molar-refractivity contribution in [2.75, 3.05) is 25.2 Å². The minimum atomic E-state index is -0.0672. The van der Waals surface area contributed by atoms with E-state index in [9.17, 15) is 4.79 Å². The summed E-state index contributed by atoms with van der Waals surface area (Å²) in [6, 6.07) is 7.69. The number of carbonyl (C=O) groups excluding carboxylic acids is 1. The summed E-state index contributed by atoms with van der Waals surface area (Å²) < 4.78 is 0.727. The quantitative estimate of drug-likeness (QED) is 0.499. The Balaban J connectivity index is 1.82. The molecule has 0 spiro atoms. The number of thioether (sulfide) groups is 1. The Kier molecular flexibility index (Phi) is 5.91. The Morgan fingerprint density at radius 2 is 2.09 bits per heavy atom. The van der Waals surface area contributed by atoms with E-state index < -0.39 is 0 Å². The molecule has 1 N–H and O–H groups in total. The van der Waals surface area contributed by atoms with Crippen LogP contribution in [0.4, 0.5) is 10.8 Å². The standard InChI is InChI=1S/C14H17N5OS2/c1-10-4-6-11(7-5-10)16-12(20)8-21-14-18-17-13(22-14)15-9-19(2)3/h4-7,9H,8H2,1-3H3,(H,16,20). The zero-order valence-electron chi connectivity index (χ0n) is 12.6. The minimum Gasteiger partial charge on any atom is -0.369 e. The SMILES string of the molecule is Cc1ccc(NC(=O)CSc2nnc(N=CN(C)C)s2)cc1. The van der Waals surface area contributed by atoms with Crippen LogP contribution in [0.15, 0.2) is 33.6 Å². The molecule has 1 aromatic carbocycles. The van der Waals surface area contributed by atoms with E-state index in [4.69, 9.17) is 0 Å². The van der Waals surface area contributed by atoms with Gasteiger partial charge in [0.25, 0.3) is 0 Å². The van der Waals surface area contributed by atoms with Gasteiger partial charge < -0.3 is 10.2 Å². The molecular formula is C14H17N5OS2. The topological polar surface area (TPSA) is 70.5 Å². The van der Waals surface area contributed by atoms with Crippen LogP contribution in [0.3, 0.4) is 0 Å². The molecule has 0 aliphatic heterocycles. The Morgan fingerprint density at radius 3 is 2.77 bits per heavy atom. The number of hydrogen-bond donors (Lipinski definition) is 1. The highest BCUT2D eigenvalue weighted by Crippen LogP contribution is 2.27. The molecule has 1 aromatic heterocycles. The number of carbonyl (C=O) groups is 1. The molecule has 0 atom stereocenters. The molecule has 0 saturated carbocycles. The van der Waals surface area contributed by atoms with Gasteiger partial charge in [0.1, 0.15) is 0 Å². The van der Waals surface area contributed by atoms with Crippen LogP contribution in [0.2, 0.25) is 0 Å². The molecule has 0 radical (unpaired) electrons. The molecular weight excluding hydrogens is 318 g/mol. The number of rotatable bonds is 6. The summed E-state index contributed by atoms with van der Waals surface area (Å²) in [5, 5.41) is 11.4. The summed E-state index contributed by atoms with van der Waals surface area (Å²) in [7, 11) is 3.77. The summed E-state index contributed by atoms with van der Waals surface area (Å²) >= 11 is 2.71. The number of aromatic nitrogens is 2. The van der Waals surface area contributed by atoms with Crippen LogP contribution in [0.25, 0.3) is 0 Å². The van der Waals surface area contributed by atoms with E-state index in [0.717, 1.165) is 15.6 Å². The zero-order valence-corrected chi connectivity index (χ0v) is 14.2. The second kappa shape index (κ2) is 7.90. The minimum absolute atomic E-state index is 0.0672. The lowest BCUT2D eigenvalue weighted by Crippen LogP contribution is -2.13. The number of aliphatic imine (C=N–C) groups is 1. The first-order valence-corrected chi connectivity index (χ1v) is 8.36. The lowest BCUT2D eigenvalue weighted by Gasteiger charge is -2.04. The molecule has 0 fully saturated rings. The second-order valence-electron chi connectivity index (χ2n) is 4.76. The van der Waals surface area contributed by atoms with Gasteiger partial charge in [0, 0.05) is 19.8 Å². The Bertz CT molecular complexity index is 652. The fourth-order valence-electron chi connectivity index (χ4n) is 1.44. The third kappa shape index (κ3) is 5.45. The monoisotopic (exact) mass is 335 g/mol. The van der Waals surface area contributed by atoms with Crippen molar-refractivity contribution in [2.24, 2.45) is 4.99 Å². The molecule has 1 amide bonds. The molecule has 6 nitrogen and oxygen atoms in total. The maximum atomic E-state index is 11.9. The first-order chi connectivity index (χ1) is 10.5. The van der Waals surface area contributed by atoms with Crippen LogP contribution in [0.5, 0.6) is 0 Å². The fraction of sp³-hybridized carbons (Fsp3) is 0.286. The Morgan fingerprint density at radius 1 is 1.36 bits per heavy atom. The van der Waals surface area contributed by atoms with Crippen molar-refractivity contribution in [2.45, 2.75) is 11.3 Å². The third-order valence-electron chi connectivity index (χ3n) is 2.46. The maximum Gasteiger partial charge on any atom is 0.234 e. The number of benzene rings is 1. The van der Waals surface area contributed by atoms with Gasteiger partial charge in [-0.1, -0.05) is 40.8 Å². The number of aryl methyl sites for hydroxylation is 1. The Hall–Kier alpha value is -1.93. The third-order valence-corrected chi connectivity index (χ3v) is 4.42. The van der Waals surface area contributed by atoms with Gasteiger partial charge >= 0.3 is 0 Å². The molecule has 0 saturated heterocycles. The summed E-state index contributed by atoms with van der Waals surface area (Å²) in [5.41, 5.74) is 1.96. The summed E-state index contributed by atoms with van der Waals surface area (Å²) in [5.74, 6) is 0.224. The van der Waals surface area contributed by atoms with Crippen molar-refractivity contribution in [3.05, 3.63) is 29.8 Å². The summed E-state index contributed by atoms with van der Waals surface area (Å²) in [6.45, 7) is 2.01. The first-order valence-electron chi connectivity index (χ1n) is 6.56. The smallest absolute Gasteiger partial charge is 0.234 e. The molecule has 0 bridgehead atoms. The molecule has 1 heterocycles. The molecule has 0 aliphatic rings. The predicted molar refractivity (Wildman–Crippen MR) is 92.3 cm³/mol. The zero-order chi connectivity index (χ0) is 15.9. The van der Waals surface area contributed by atoms with Gasteiger partial charge in [0.05, 0.1) is 12.1 Å². The number of nitrogens with one attached hydrogen (secondary N) is 1. The molecule has 0 aliphatic carbocycles. The van der Waals surface area contributed by atoms with E-state index in [1.165, 1.54) is 23.1 Å². The highest BCUT2D eigenvalue weighted by atomic mass is 32.2. The van der Waals surface area contributed by atoms with Crippen LogP contribution >= 0.6 is 23.1 Å². The molecule has 116 valence electrons. The highest BCUT2D eigenvalue weighted by molar-refractivity contribution is 8.01. The lowest BCUT2D eigenvalue weighted by atomic mass is 10.2. The van der Waals surface area contributed by atoms with E-state index in [1.54, 1.807) is 6.34 Å². The van der Waals surface area contributed by atoms with E-state index in [-0.39, 0.29) is 5.91 Å². The van der Waals surface area contributed by atoms with Gasteiger partial charge in [-0.15, -0.1) is 10.2 Å². The van der Waals surface area contributed by atoms with Crippen LogP contribution < -0.4 is 5.32 Å². The molecule has 8 heteroatoms. The second-order valence-corrected chi connectivity index (χ2v) is 6.94. The molecule has 2 rings (SSSR count). The Labute approximate surface area is 137 Å². The maximum absolute atomic E-state index is 11.9. The van der Waals surface area contributed by atoms with Gasteiger partial charge in [0.15, 0.2) is 4.34 Å². The lowest BCUT2D eigenvalue weighted by molar-refractivity contribution is -0.113. The van der Waals surface area contributed by atoms with Crippen molar-refractivity contribution >= 4 is 46.2 Å². The van der Waals surface area contributed by atoms with Crippen molar-refractivity contribution < 1.29 is 4.79 Å². The average molecular weight is 335 g/mol. The largest absolute Gasteiger partial charge is 0.369 e. The van der Waals surface area contributed by atoms with E-state index >= 15 is 0 Å². The van der Waals surface area contributed by atoms with Crippen molar-refractivity contribution in [3.8, 4) is 0 Å². The van der Waals surface area contributed by atoms with Gasteiger partial charge in [-0.05, 0) is 19.1 Å². The normalized spacial score (nSPS) is 10.9. The van der Waals surface area contributed by atoms with Gasteiger partial charge in [-0.2, -0.15) is 0 Å². The molecule has 0 unspecified atom stereocenters. The summed E-state index contributed by atoms with van der Waals surface area (Å²) in [4.78, 5) is 17.9. The van der Waals surface area contributed by atoms with E-state index in [1.807, 2.05) is 50.2 Å². The van der Waals surface area contributed by atoms with Crippen LogP contribution in [0, 0.1) is 6.92 Å². The van der Waals surface area contributed by atoms with Crippen LogP contribution in [-0.2, 0) is 4.79 Å². The number of hydrogen-bond acceptors (Lipinski definition) is 6. The fourth-order valence-corrected chi connectivity index (χ4v) is 2.92. The predicted octanol–water partition coefficient (Wildman–Crippen LogP) is 2.80. The van der Waals surface area contributed by atoms with Gasteiger partial charge in [-0.3, -0.25) is 4.79 Å². The van der Waals surface area contributed by atoms with Gasteiger partial charge in [0.2, 0.25) is 11.0 Å². The van der Waals surface area contributed by atoms with Crippen molar-refractivity contribution in [3.63, 3.8) is 0 Å². The molecule has 2 aromatic rings. The van der Waals surface area contributed by atoms with E-state index in [2.05, 4.69) is 20.5 Å². The number of amides is 1. The summed E-state index contributed by atoms with van der Waals surface area (Å²) in [6.07, 6.45) is 1.67. The van der Waals surface area contributed by atoms with Crippen molar-refractivity contribution in [1.82, 2.24) is 15.1 Å². The van der Waals surface area contributed by atoms with Gasteiger partial charge in [-0.25, -0.2) is 4.99 Å². The van der Waals surface area contributed by atoms with E-state index in [0.29, 0.717) is 10.9 Å². The highest BCUT2D eigenvalue weighted by Gasteiger charge is 2.08. The number of anilines is 1. The number of nitrogens with zero attached hydrogens (tertiary/aromatic N) is 4. The first kappa shape index (κ1) is 16.4. The average Bonchev–Trinajstić information content (AvgIpc) is 2.93. The molecule has 22 heavy (non-hydrogen) atoms. The van der Waals surface area contributed by atoms with Crippen LogP contribution in [-0.4, -0.2) is 47.2 Å². The van der Waals surface area contributed by atoms with Crippen LogP contribution in [0.1, 0.15) is 5.56 Å².